The summed E-state index contributed by atoms with van der Waals surface area (Å²) >= 11 is 0. The summed E-state index contributed by atoms with van der Waals surface area (Å²) in [5.74, 6) is -0.353. The molecule has 0 unspecified atom stereocenters. The minimum absolute atomic E-state index is 0.159. The van der Waals surface area contributed by atoms with Crippen LogP contribution < -0.4 is 0 Å². The monoisotopic (exact) mass is 526 g/mol. The number of para-hydroxylation sites is 1. The zero-order chi connectivity index (χ0) is 27.6. The molecule has 1 N–H and O–H groups in total. The van der Waals surface area contributed by atoms with Crippen molar-refractivity contribution in [3.63, 3.8) is 0 Å². The van der Waals surface area contributed by atoms with Gasteiger partial charge in [-0.25, -0.2) is 9.07 Å². The lowest BCUT2D eigenvalue weighted by Crippen LogP contribution is -2.47. The number of alkyl halides is 3. The summed E-state index contributed by atoms with van der Waals surface area (Å²) in [4.78, 5) is 4.87. The number of nitrogens with one attached hydrogen (secondary N) is 1. The van der Waals surface area contributed by atoms with E-state index in [0.717, 1.165) is 52.2 Å². The highest BCUT2D eigenvalue weighted by Crippen LogP contribution is 2.48. The van der Waals surface area contributed by atoms with Gasteiger partial charge in [0.25, 0.3) is 0 Å². The first-order valence-corrected chi connectivity index (χ1v) is 13.1. The highest BCUT2D eigenvalue weighted by molar-refractivity contribution is 5.96. The Morgan fingerprint density at radius 2 is 1.66 bits per heavy atom. The number of hydrogen-bond donors (Lipinski definition) is 1. The third-order valence-electron chi connectivity index (χ3n) is 8.16. The summed E-state index contributed by atoms with van der Waals surface area (Å²) in [5.41, 5.74) is 4.28. The van der Waals surface area contributed by atoms with Gasteiger partial charge in [0.2, 0.25) is 0 Å². The zero-order valence-electron chi connectivity index (χ0n) is 22.7. The van der Waals surface area contributed by atoms with E-state index in [4.69, 9.17) is 5.10 Å². The summed E-state index contributed by atoms with van der Waals surface area (Å²) in [6.07, 6.45) is -1.04. The molecular weight excluding hydrogens is 492 g/mol. The minimum Gasteiger partial charge on any atom is -0.359 e. The molecule has 4 aromatic rings. The van der Waals surface area contributed by atoms with Crippen LogP contribution in [0.25, 0.3) is 27.8 Å². The molecule has 0 radical (unpaired) electrons. The molecular formula is C30H34F4N4. The van der Waals surface area contributed by atoms with Gasteiger partial charge in [-0.1, -0.05) is 32.0 Å². The Balaban J connectivity index is 1.78. The number of aromatic amines is 1. The maximum atomic E-state index is 14.7. The van der Waals surface area contributed by atoms with Gasteiger partial charge < -0.3 is 4.98 Å². The first kappa shape index (κ1) is 26.5. The predicted octanol–water partition coefficient (Wildman–Crippen LogP) is 7.92. The number of aromatic nitrogens is 3. The van der Waals surface area contributed by atoms with Crippen molar-refractivity contribution < 1.29 is 17.6 Å². The van der Waals surface area contributed by atoms with Crippen molar-refractivity contribution in [3.8, 4) is 16.9 Å². The summed E-state index contributed by atoms with van der Waals surface area (Å²) in [6, 6.07) is 11.3. The number of fused-ring (bicyclic) bond motifs is 2. The fraction of sp³-hybridized carbons (Fsp3) is 0.433. The first-order valence-electron chi connectivity index (χ1n) is 13.1. The molecule has 4 nitrogen and oxygen atoms in total. The normalized spacial score (nSPS) is 15.9. The summed E-state index contributed by atoms with van der Waals surface area (Å²) in [6.45, 7) is 10.7. The molecule has 0 saturated carbocycles. The number of benzene rings is 2. The van der Waals surface area contributed by atoms with E-state index < -0.39 is 17.1 Å². The van der Waals surface area contributed by atoms with Crippen LogP contribution in [-0.2, 0) is 24.9 Å². The van der Waals surface area contributed by atoms with Gasteiger partial charge in [-0.2, -0.15) is 18.3 Å². The van der Waals surface area contributed by atoms with E-state index in [1.165, 1.54) is 19.9 Å². The van der Waals surface area contributed by atoms with Gasteiger partial charge in [0.1, 0.15) is 5.82 Å². The van der Waals surface area contributed by atoms with Gasteiger partial charge in [0.05, 0.1) is 33.5 Å². The molecule has 2 aromatic heterocycles. The van der Waals surface area contributed by atoms with E-state index in [1.54, 1.807) is 12.3 Å². The van der Waals surface area contributed by atoms with Gasteiger partial charge in [-0.3, -0.25) is 4.90 Å². The van der Waals surface area contributed by atoms with E-state index in [2.05, 4.69) is 31.0 Å². The Hall–Kier alpha value is -3.13. The molecule has 3 heterocycles. The Morgan fingerprint density at radius 1 is 1.00 bits per heavy atom. The van der Waals surface area contributed by atoms with Crippen molar-refractivity contribution in [2.75, 3.05) is 6.54 Å². The number of nitrogens with zero attached hydrogens (tertiary/aromatic N) is 3. The highest BCUT2D eigenvalue weighted by atomic mass is 19.4. The number of halogens is 4. The molecule has 0 fully saturated rings. The molecule has 0 amide bonds. The average molecular weight is 527 g/mol. The van der Waals surface area contributed by atoms with Crippen LogP contribution in [0.4, 0.5) is 17.6 Å². The van der Waals surface area contributed by atoms with Crippen LogP contribution in [0.15, 0.2) is 42.6 Å². The first-order chi connectivity index (χ1) is 17.8. The lowest BCUT2D eigenvalue weighted by Gasteiger charge is -2.39. The topological polar surface area (TPSA) is 36.9 Å². The second kappa shape index (κ2) is 8.97. The van der Waals surface area contributed by atoms with Crippen molar-refractivity contribution in [2.24, 2.45) is 5.41 Å². The molecule has 2 aromatic carbocycles. The third-order valence-corrected chi connectivity index (χ3v) is 8.16. The van der Waals surface area contributed by atoms with Crippen LogP contribution in [0.2, 0.25) is 0 Å². The second-order valence-electron chi connectivity index (χ2n) is 11.4. The van der Waals surface area contributed by atoms with E-state index >= 15 is 0 Å². The Labute approximate surface area is 220 Å². The number of aryl methyl sites for hydroxylation is 2. The Kier molecular flexibility index (Phi) is 6.25. The van der Waals surface area contributed by atoms with E-state index in [1.807, 2.05) is 35.6 Å². The molecule has 0 bridgehead atoms. The molecule has 5 rings (SSSR count). The fourth-order valence-corrected chi connectivity index (χ4v) is 5.70. The molecule has 0 saturated heterocycles. The van der Waals surface area contributed by atoms with Gasteiger partial charge in [-0.05, 0) is 69.9 Å². The standard InChI is InChI=1S/C30H34F4N4/c1-7-18-10-9-11-19(8-2)25(18)38-26(21-12-13-23(31)24-20(21)14-15-35-24)22-16-37(29(5,6)27(22)36-38)17-28(3,4)30(32,33)34/h9-15,35H,7-8,16-17H2,1-6H3. The maximum Gasteiger partial charge on any atom is 0.395 e. The summed E-state index contributed by atoms with van der Waals surface area (Å²) < 4.78 is 58.3. The molecule has 0 aliphatic carbocycles. The van der Waals surface area contributed by atoms with Gasteiger partial charge in [0.15, 0.2) is 0 Å². The largest absolute Gasteiger partial charge is 0.395 e. The molecule has 0 atom stereocenters. The summed E-state index contributed by atoms with van der Waals surface area (Å²) in [7, 11) is 0. The number of rotatable bonds is 6. The van der Waals surface area contributed by atoms with Crippen molar-refractivity contribution in [1.82, 2.24) is 19.7 Å². The smallest absolute Gasteiger partial charge is 0.359 e. The van der Waals surface area contributed by atoms with Crippen LogP contribution in [0, 0.1) is 11.2 Å². The van der Waals surface area contributed by atoms with Crippen LogP contribution in [0.5, 0.6) is 0 Å². The van der Waals surface area contributed by atoms with Gasteiger partial charge >= 0.3 is 6.18 Å². The predicted molar refractivity (Wildman–Crippen MR) is 143 cm³/mol. The summed E-state index contributed by atoms with van der Waals surface area (Å²) in [5, 5.41) is 5.87. The fourth-order valence-electron chi connectivity index (χ4n) is 5.70. The average Bonchev–Trinajstić information content (AvgIpc) is 3.54. The SMILES string of the molecule is CCc1cccc(CC)c1-n1nc2c(c1-c1ccc(F)c3[nH]ccc13)CN(CC(C)(C)C(F)(F)F)C2(C)C. The van der Waals surface area contributed by atoms with Gasteiger partial charge in [0, 0.05) is 35.8 Å². The van der Waals surface area contributed by atoms with Crippen molar-refractivity contribution in [2.45, 2.75) is 72.6 Å². The number of hydrogen-bond acceptors (Lipinski definition) is 2. The second-order valence-corrected chi connectivity index (χ2v) is 11.4. The van der Waals surface area contributed by atoms with Crippen molar-refractivity contribution in [3.05, 3.63) is 70.8 Å². The zero-order valence-corrected chi connectivity index (χ0v) is 22.7. The minimum atomic E-state index is -4.34. The third kappa shape index (κ3) is 3.96. The van der Waals surface area contributed by atoms with E-state index in [0.29, 0.717) is 17.4 Å². The highest BCUT2D eigenvalue weighted by Gasteiger charge is 2.52. The number of H-pyrrole nitrogens is 1. The molecule has 1 aliphatic rings. The van der Waals surface area contributed by atoms with Gasteiger partial charge in [-0.15, -0.1) is 0 Å². The van der Waals surface area contributed by atoms with Crippen molar-refractivity contribution >= 4 is 10.9 Å². The van der Waals surface area contributed by atoms with Crippen LogP contribution in [-0.4, -0.2) is 32.4 Å². The van der Waals surface area contributed by atoms with E-state index in [-0.39, 0.29) is 12.4 Å². The molecule has 202 valence electrons. The maximum absolute atomic E-state index is 14.7. The van der Waals surface area contributed by atoms with Crippen LogP contribution >= 0.6 is 0 Å². The van der Waals surface area contributed by atoms with Crippen LogP contribution in [0.1, 0.15) is 63.9 Å². The van der Waals surface area contributed by atoms with Crippen molar-refractivity contribution in [1.29, 1.82) is 0 Å². The lowest BCUT2D eigenvalue weighted by molar-refractivity contribution is -0.220. The quantitative estimate of drug-likeness (QED) is 0.259. The molecule has 38 heavy (non-hydrogen) atoms. The lowest BCUT2D eigenvalue weighted by atomic mass is 9.90. The Bertz CT molecular complexity index is 1480. The van der Waals surface area contributed by atoms with E-state index in [9.17, 15) is 17.6 Å². The molecule has 8 heteroatoms. The molecule has 1 aliphatic heterocycles. The molecule has 0 spiro atoms. The Morgan fingerprint density at radius 3 is 2.26 bits per heavy atom. The van der Waals surface area contributed by atoms with Crippen LogP contribution in [0.3, 0.4) is 0 Å².